The smallest absolute Gasteiger partial charge is 0.141 e. The SMILES string of the molecule is CCC(Nc1ccc(Cl)cc1C)c1ccc(F)cn1. The summed E-state index contributed by atoms with van der Waals surface area (Å²) in [7, 11) is 0. The molecule has 1 N–H and O–H groups in total. The molecule has 19 heavy (non-hydrogen) atoms. The van der Waals surface area contributed by atoms with Crippen molar-refractivity contribution < 1.29 is 4.39 Å². The molecule has 0 aliphatic carbocycles. The van der Waals surface area contributed by atoms with Crippen LogP contribution in [0, 0.1) is 12.7 Å². The molecule has 1 aromatic carbocycles. The summed E-state index contributed by atoms with van der Waals surface area (Å²) in [5.41, 5.74) is 2.92. The van der Waals surface area contributed by atoms with Gasteiger partial charge in [0.1, 0.15) is 5.82 Å². The first kappa shape index (κ1) is 13.8. The molecule has 0 saturated carbocycles. The molecule has 2 rings (SSSR count). The van der Waals surface area contributed by atoms with Gasteiger partial charge in [0.15, 0.2) is 0 Å². The average molecular weight is 279 g/mol. The number of hydrogen-bond acceptors (Lipinski definition) is 2. The Bertz CT molecular complexity index is 555. The number of anilines is 1. The third-order valence-corrected chi connectivity index (χ3v) is 3.27. The van der Waals surface area contributed by atoms with Gasteiger partial charge in [-0.15, -0.1) is 0 Å². The zero-order valence-corrected chi connectivity index (χ0v) is 11.7. The third-order valence-electron chi connectivity index (χ3n) is 3.03. The van der Waals surface area contributed by atoms with Crippen LogP contribution >= 0.6 is 11.6 Å². The molecule has 0 spiro atoms. The lowest BCUT2D eigenvalue weighted by Gasteiger charge is -2.19. The van der Waals surface area contributed by atoms with Gasteiger partial charge in [0.25, 0.3) is 0 Å². The Morgan fingerprint density at radius 2 is 2.11 bits per heavy atom. The van der Waals surface area contributed by atoms with Crippen LogP contribution in [0.1, 0.15) is 30.6 Å². The van der Waals surface area contributed by atoms with Crippen molar-refractivity contribution in [2.75, 3.05) is 5.32 Å². The van der Waals surface area contributed by atoms with Crippen molar-refractivity contribution >= 4 is 17.3 Å². The number of aromatic nitrogens is 1. The highest BCUT2D eigenvalue weighted by molar-refractivity contribution is 6.30. The van der Waals surface area contributed by atoms with Gasteiger partial charge in [-0.1, -0.05) is 18.5 Å². The van der Waals surface area contributed by atoms with Crippen LogP contribution in [-0.4, -0.2) is 4.98 Å². The summed E-state index contributed by atoms with van der Waals surface area (Å²) in [5, 5.41) is 4.13. The molecule has 0 bridgehead atoms. The zero-order valence-electron chi connectivity index (χ0n) is 11.0. The number of rotatable bonds is 4. The molecule has 2 nitrogen and oxygen atoms in total. The Labute approximate surface area is 117 Å². The second-order valence-corrected chi connectivity index (χ2v) is 4.90. The molecule has 2 aromatic rings. The number of aryl methyl sites for hydroxylation is 1. The Hall–Kier alpha value is -1.61. The monoisotopic (exact) mass is 278 g/mol. The Morgan fingerprint density at radius 1 is 1.32 bits per heavy atom. The van der Waals surface area contributed by atoms with Crippen LogP contribution in [0.2, 0.25) is 5.02 Å². The summed E-state index contributed by atoms with van der Waals surface area (Å²) in [4.78, 5) is 4.13. The molecule has 0 aliphatic rings. The molecule has 0 saturated heterocycles. The Morgan fingerprint density at radius 3 is 2.68 bits per heavy atom. The standard InChI is InChI=1S/C15H16ClFN2/c1-3-13(15-7-5-12(17)9-18-15)19-14-6-4-11(16)8-10(14)2/h4-9,13,19H,3H2,1-2H3. The van der Waals surface area contributed by atoms with Crippen molar-refractivity contribution in [3.8, 4) is 0 Å². The molecule has 100 valence electrons. The van der Waals surface area contributed by atoms with E-state index >= 15 is 0 Å². The molecule has 1 unspecified atom stereocenters. The van der Waals surface area contributed by atoms with Gasteiger partial charge < -0.3 is 5.32 Å². The third kappa shape index (κ3) is 3.44. The van der Waals surface area contributed by atoms with Crippen molar-refractivity contribution in [2.45, 2.75) is 26.3 Å². The first-order chi connectivity index (χ1) is 9.10. The van der Waals surface area contributed by atoms with Crippen molar-refractivity contribution in [3.05, 3.63) is 58.6 Å². The molecule has 4 heteroatoms. The summed E-state index contributed by atoms with van der Waals surface area (Å²) in [6, 6.07) is 8.91. The summed E-state index contributed by atoms with van der Waals surface area (Å²) in [6.07, 6.45) is 2.11. The van der Waals surface area contributed by atoms with E-state index in [1.807, 2.05) is 25.1 Å². The minimum absolute atomic E-state index is 0.0560. The maximum absolute atomic E-state index is 12.9. The van der Waals surface area contributed by atoms with Gasteiger partial charge >= 0.3 is 0 Å². The second-order valence-electron chi connectivity index (χ2n) is 4.47. The van der Waals surface area contributed by atoms with Crippen LogP contribution in [-0.2, 0) is 0 Å². The van der Waals surface area contributed by atoms with Crippen LogP contribution in [0.25, 0.3) is 0 Å². The number of nitrogens with zero attached hydrogens (tertiary/aromatic N) is 1. The van der Waals surface area contributed by atoms with Crippen molar-refractivity contribution in [1.29, 1.82) is 0 Å². The number of halogens is 2. The van der Waals surface area contributed by atoms with Crippen molar-refractivity contribution in [3.63, 3.8) is 0 Å². The molecule has 1 atom stereocenters. The van der Waals surface area contributed by atoms with E-state index in [9.17, 15) is 4.39 Å². The highest BCUT2D eigenvalue weighted by atomic mass is 35.5. The highest BCUT2D eigenvalue weighted by Gasteiger charge is 2.11. The van der Waals surface area contributed by atoms with E-state index < -0.39 is 0 Å². The fourth-order valence-electron chi connectivity index (χ4n) is 1.96. The normalized spacial score (nSPS) is 12.2. The maximum Gasteiger partial charge on any atom is 0.141 e. The number of hydrogen-bond donors (Lipinski definition) is 1. The molecule has 0 amide bonds. The van der Waals surface area contributed by atoms with Gasteiger partial charge in [-0.05, 0) is 49.2 Å². The predicted molar refractivity (Wildman–Crippen MR) is 77.0 cm³/mol. The van der Waals surface area contributed by atoms with E-state index in [-0.39, 0.29) is 11.9 Å². The van der Waals surface area contributed by atoms with E-state index in [0.717, 1.165) is 28.4 Å². The van der Waals surface area contributed by atoms with E-state index in [2.05, 4.69) is 17.2 Å². The molecule has 0 radical (unpaired) electrons. The summed E-state index contributed by atoms with van der Waals surface area (Å²) in [5.74, 6) is -0.318. The fourth-order valence-corrected chi connectivity index (χ4v) is 2.18. The lowest BCUT2D eigenvalue weighted by atomic mass is 10.1. The predicted octanol–water partition coefficient (Wildman–Crippen LogP) is 4.75. The van der Waals surface area contributed by atoms with Crippen LogP contribution < -0.4 is 5.32 Å². The number of benzene rings is 1. The van der Waals surface area contributed by atoms with Gasteiger partial charge in [-0.2, -0.15) is 0 Å². The molecule has 1 aromatic heterocycles. The quantitative estimate of drug-likeness (QED) is 0.873. The zero-order chi connectivity index (χ0) is 13.8. The number of pyridine rings is 1. The van der Waals surface area contributed by atoms with E-state index in [1.165, 1.54) is 12.3 Å². The fraction of sp³-hybridized carbons (Fsp3) is 0.267. The van der Waals surface area contributed by atoms with Crippen LogP contribution in [0.15, 0.2) is 36.5 Å². The second kappa shape index (κ2) is 6.02. The van der Waals surface area contributed by atoms with E-state index in [0.29, 0.717) is 0 Å². The first-order valence-electron chi connectivity index (χ1n) is 6.24. The van der Waals surface area contributed by atoms with Gasteiger partial charge in [0.05, 0.1) is 17.9 Å². The first-order valence-corrected chi connectivity index (χ1v) is 6.62. The average Bonchev–Trinajstić information content (AvgIpc) is 2.39. The minimum Gasteiger partial charge on any atom is -0.376 e. The molecular formula is C15H16ClFN2. The highest BCUT2D eigenvalue weighted by Crippen LogP contribution is 2.25. The van der Waals surface area contributed by atoms with Gasteiger partial charge in [0, 0.05) is 10.7 Å². The molecule has 0 fully saturated rings. The van der Waals surface area contributed by atoms with Gasteiger partial charge in [-0.25, -0.2) is 4.39 Å². The summed E-state index contributed by atoms with van der Waals surface area (Å²) >= 11 is 5.94. The number of nitrogens with one attached hydrogen (secondary N) is 1. The maximum atomic E-state index is 12.9. The molecule has 1 heterocycles. The van der Waals surface area contributed by atoms with E-state index in [4.69, 9.17) is 11.6 Å². The van der Waals surface area contributed by atoms with Gasteiger partial charge in [0.2, 0.25) is 0 Å². The molecular weight excluding hydrogens is 263 g/mol. The van der Waals surface area contributed by atoms with Crippen LogP contribution in [0.3, 0.4) is 0 Å². The largest absolute Gasteiger partial charge is 0.376 e. The van der Waals surface area contributed by atoms with Crippen molar-refractivity contribution in [2.24, 2.45) is 0 Å². The van der Waals surface area contributed by atoms with Crippen LogP contribution in [0.4, 0.5) is 10.1 Å². The molecule has 0 aliphatic heterocycles. The lowest BCUT2D eigenvalue weighted by molar-refractivity contribution is 0.614. The topological polar surface area (TPSA) is 24.9 Å². The lowest BCUT2D eigenvalue weighted by Crippen LogP contribution is -2.12. The Kier molecular flexibility index (Phi) is 4.38. The van der Waals surface area contributed by atoms with Crippen molar-refractivity contribution in [1.82, 2.24) is 4.98 Å². The Balaban J connectivity index is 2.21. The minimum atomic E-state index is -0.318. The summed E-state index contributed by atoms with van der Waals surface area (Å²) in [6.45, 7) is 4.06. The summed E-state index contributed by atoms with van der Waals surface area (Å²) < 4.78 is 12.9. The van der Waals surface area contributed by atoms with Gasteiger partial charge in [-0.3, -0.25) is 4.98 Å². The van der Waals surface area contributed by atoms with Crippen LogP contribution in [0.5, 0.6) is 0 Å². The van der Waals surface area contributed by atoms with E-state index in [1.54, 1.807) is 6.07 Å².